The number of carbonyl (C=O) groups is 1. The summed E-state index contributed by atoms with van der Waals surface area (Å²) in [5.41, 5.74) is 1.23. The molecule has 2 saturated heterocycles. The molecule has 1 unspecified atom stereocenters. The molecule has 1 spiro atoms. The maximum Gasteiger partial charge on any atom is 0.222 e. The number of carbonyl (C=O) groups excluding carboxylic acids is 1. The quantitative estimate of drug-likeness (QED) is 0.840. The van der Waals surface area contributed by atoms with Gasteiger partial charge in [0.15, 0.2) is 0 Å². The molecule has 5 nitrogen and oxygen atoms in total. The Morgan fingerprint density at radius 3 is 3.00 bits per heavy atom. The van der Waals surface area contributed by atoms with E-state index in [1.165, 1.54) is 0 Å². The van der Waals surface area contributed by atoms with Crippen LogP contribution in [-0.2, 0) is 16.0 Å². The van der Waals surface area contributed by atoms with Gasteiger partial charge in [-0.3, -0.25) is 14.7 Å². The summed E-state index contributed by atoms with van der Waals surface area (Å²) in [6.45, 7) is 9.83. The van der Waals surface area contributed by atoms with Crippen molar-refractivity contribution in [1.82, 2.24) is 14.8 Å². The maximum absolute atomic E-state index is 12.7. The van der Waals surface area contributed by atoms with Crippen LogP contribution in [0, 0.1) is 5.41 Å². The molecule has 3 rings (SSSR count). The first-order valence-electron chi connectivity index (χ1n) is 9.56. The number of pyridine rings is 1. The largest absolute Gasteiger partial charge is 0.379 e. The van der Waals surface area contributed by atoms with Gasteiger partial charge in [0.25, 0.3) is 0 Å². The van der Waals surface area contributed by atoms with Gasteiger partial charge < -0.3 is 9.64 Å². The molecule has 25 heavy (non-hydrogen) atoms. The van der Waals surface area contributed by atoms with Gasteiger partial charge in [0.05, 0.1) is 13.2 Å². The van der Waals surface area contributed by atoms with Crippen LogP contribution in [-0.4, -0.2) is 66.1 Å². The van der Waals surface area contributed by atoms with Crippen LogP contribution in [0.15, 0.2) is 24.5 Å². The molecule has 1 amide bonds. The second kappa shape index (κ2) is 8.28. The van der Waals surface area contributed by atoms with Gasteiger partial charge in [-0.15, -0.1) is 0 Å². The van der Waals surface area contributed by atoms with E-state index in [1.807, 2.05) is 18.3 Å². The van der Waals surface area contributed by atoms with E-state index in [1.54, 1.807) is 6.20 Å². The van der Waals surface area contributed by atoms with Crippen LogP contribution >= 0.6 is 0 Å². The van der Waals surface area contributed by atoms with E-state index in [-0.39, 0.29) is 11.3 Å². The number of aryl methyl sites for hydroxylation is 1. The summed E-state index contributed by atoms with van der Waals surface area (Å²) < 4.78 is 5.94. The molecule has 138 valence electrons. The molecule has 2 fully saturated rings. The highest BCUT2D eigenvalue weighted by molar-refractivity contribution is 5.76. The van der Waals surface area contributed by atoms with Gasteiger partial charge in [-0.2, -0.15) is 0 Å². The molecule has 0 radical (unpaired) electrons. The summed E-state index contributed by atoms with van der Waals surface area (Å²) in [5.74, 6) is 0.267. The zero-order valence-electron chi connectivity index (χ0n) is 15.6. The Bertz CT molecular complexity index is 563. The number of hydrogen-bond donors (Lipinski definition) is 0. The van der Waals surface area contributed by atoms with E-state index in [0.29, 0.717) is 12.5 Å². The van der Waals surface area contributed by atoms with E-state index in [9.17, 15) is 4.79 Å². The Morgan fingerprint density at radius 2 is 2.24 bits per heavy atom. The van der Waals surface area contributed by atoms with Crippen LogP contribution in [0.5, 0.6) is 0 Å². The zero-order chi connectivity index (χ0) is 17.7. The minimum Gasteiger partial charge on any atom is -0.379 e. The van der Waals surface area contributed by atoms with Gasteiger partial charge in [-0.25, -0.2) is 0 Å². The molecular weight excluding hydrogens is 314 g/mol. The van der Waals surface area contributed by atoms with Crippen LogP contribution in [0.2, 0.25) is 0 Å². The van der Waals surface area contributed by atoms with E-state index < -0.39 is 0 Å². The highest BCUT2D eigenvalue weighted by atomic mass is 16.5. The fraction of sp³-hybridized carbons (Fsp3) is 0.700. The van der Waals surface area contributed by atoms with Gasteiger partial charge in [0.1, 0.15) is 0 Å². The fourth-order valence-corrected chi connectivity index (χ4v) is 4.09. The average molecular weight is 345 g/mol. The van der Waals surface area contributed by atoms with E-state index in [2.05, 4.69) is 28.6 Å². The fourth-order valence-electron chi connectivity index (χ4n) is 4.09. The number of rotatable bonds is 4. The first kappa shape index (κ1) is 18.3. The molecule has 0 aromatic carbocycles. The van der Waals surface area contributed by atoms with Crippen LogP contribution in [0.3, 0.4) is 0 Å². The number of nitrogens with zero attached hydrogens (tertiary/aromatic N) is 3. The predicted molar refractivity (Wildman–Crippen MR) is 98.3 cm³/mol. The molecule has 0 N–H and O–H groups in total. The van der Waals surface area contributed by atoms with Crippen molar-refractivity contribution in [3.8, 4) is 0 Å². The highest BCUT2D eigenvalue weighted by Gasteiger charge is 2.40. The van der Waals surface area contributed by atoms with Gasteiger partial charge >= 0.3 is 0 Å². The normalized spacial score (nSPS) is 25.3. The molecule has 1 aromatic rings. The Morgan fingerprint density at radius 1 is 1.36 bits per heavy atom. The Hall–Kier alpha value is -1.46. The Kier molecular flexibility index (Phi) is 6.07. The Labute approximate surface area is 151 Å². The number of piperidine rings is 1. The number of amides is 1. The summed E-state index contributed by atoms with van der Waals surface area (Å²) in [7, 11) is 0. The third-order valence-corrected chi connectivity index (χ3v) is 5.56. The monoisotopic (exact) mass is 345 g/mol. The minimum atomic E-state index is 0.100. The van der Waals surface area contributed by atoms with Crippen molar-refractivity contribution < 1.29 is 9.53 Å². The summed E-state index contributed by atoms with van der Waals surface area (Å²) in [6.07, 6.45) is 7.19. The standard InChI is InChI=1S/C20H31N3O2/c1-17(2)22-11-12-25-16-20(14-22)8-4-10-23(15-20)19(24)7-6-18-5-3-9-21-13-18/h3,5,9,13,17H,4,6-8,10-12,14-16H2,1-2H3. The van der Waals surface area contributed by atoms with Crippen molar-refractivity contribution in [3.63, 3.8) is 0 Å². The van der Waals surface area contributed by atoms with Crippen LogP contribution in [0.4, 0.5) is 0 Å². The lowest BCUT2D eigenvalue weighted by atomic mass is 9.79. The summed E-state index contributed by atoms with van der Waals surface area (Å²) in [6, 6.07) is 4.49. The lowest BCUT2D eigenvalue weighted by Crippen LogP contribution is -2.53. The molecular formula is C20H31N3O2. The lowest BCUT2D eigenvalue weighted by molar-refractivity contribution is -0.136. The smallest absolute Gasteiger partial charge is 0.222 e. The number of hydrogen-bond acceptors (Lipinski definition) is 4. The van der Waals surface area contributed by atoms with Crippen molar-refractivity contribution in [1.29, 1.82) is 0 Å². The first-order chi connectivity index (χ1) is 12.1. The van der Waals surface area contributed by atoms with Crippen LogP contribution in [0.25, 0.3) is 0 Å². The molecule has 0 aliphatic carbocycles. The average Bonchev–Trinajstić information content (AvgIpc) is 2.83. The number of likely N-dealkylation sites (tertiary alicyclic amines) is 1. The first-order valence-corrected chi connectivity index (χ1v) is 9.56. The molecule has 1 aromatic heterocycles. The van der Waals surface area contributed by atoms with Crippen molar-refractivity contribution in [3.05, 3.63) is 30.1 Å². The predicted octanol–water partition coefficient (Wildman–Crippen LogP) is 2.36. The molecule has 0 saturated carbocycles. The zero-order valence-corrected chi connectivity index (χ0v) is 15.6. The molecule has 2 aliphatic heterocycles. The molecule has 2 aliphatic rings. The third-order valence-electron chi connectivity index (χ3n) is 5.56. The molecule has 5 heteroatoms. The van der Waals surface area contributed by atoms with E-state index >= 15 is 0 Å². The van der Waals surface area contributed by atoms with Crippen LogP contribution in [0.1, 0.15) is 38.7 Å². The number of aromatic nitrogens is 1. The summed E-state index contributed by atoms with van der Waals surface area (Å²) in [4.78, 5) is 21.5. The minimum absolute atomic E-state index is 0.100. The summed E-state index contributed by atoms with van der Waals surface area (Å²) in [5, 5.41) is 0. The van der Waals surface area contributed by atoms with Crippen molar-refractivity contribution in [2.75, 3.05) is 39.4 Å². The van der Waals surface area contributed by atoms with Gasteiger partial charge in [-0.1, -0.05) is 6.07 Å². The summed E-state index contributed by atoms with van der Waals surface area (Å²) >= 11 is 0. The molecule has 0 bridgehead atoms. The van der Waals surface area contributed by atoms with Crippen LogP contribution < -0.4 is 0 Å². The lowest BCUT2D eigenvalue weighted by Gasteiger charge is -2.44. The second-order valence-electron chi connectivity index (χ2n) is 7.90. The van der Waals surface area contributed by atoms with Crippen molar-refractivity contribution >= 4 is 5.91 Å². The molecule has 1 atom stereocenters. The SMILES string of the molecule is CC(C)N1CCOCC2(CCCN(C(=O)CCc3cccnc3)C2)C1. The van der Waals surface area contributed by atoms with Gasteiger partial charge in [0.2, 0.25) is 5.91 Å². The second-order valence-corrected chi connectivity index (χ2v) is 7.90. The highest BCUT2D eigenvalue weighted by Crippen LogP contribution is 2.33. The van der Waals surface area contributed by atoms with E-state index in [0.717, 1.165) is 64.2 Å². The van der Waals surface area contributed by atoms with E-state index in [4.69, 9.17) is 4.74 Å². The number of ether oxygens (including phenoxy) is 1. The molecule has 3 heterocycles. The Balaban J connectivity index is 1.60. The third kappa shape index (κ3) is 4.79. The van der Waals surface area contributed by atoms with Gasteiger partial charge in [-0.05, 0) is 44.7 Å². The van der Waals surface area contributed by atoms with Gasteiger partial charge in [0, 0.05) is 56.5 Å². The maximum atomic E-state index is 12.7. The topological polar surface area (TPSA) is 45.7 Å². The van der Waals surface area contributed by atoms with Crippen molar-refractivity contribution in [2.24, 2.45) is 5.41 Å². The van der Waals surface area contributed by atoms with Crippen molar-refractivity contribution in [2.45, 2.75) is 45.6 Å².